The van der Waals surface area contributed by atoms with Crippen LogP contribution in [0.4, 0.5) is 0 Å². The monoisotopic (exact) mass is 274 g/mol. The molecule has 0 unspecified atom stereocenters. The molecule has 1 aromatic carbocycles. The molecule has 0 radical (unpaired) electrons. The van der Waals surface area contributed by atoms with Crippen LogP contribution >= 0.6 is 0 Å². The number of benzene rings is 1. The molecule has 0 aliphatic carbocycles. The number of aryl methyl sites for hydroxylation is 2. The highest BCUT2D eigenvalue weighted by Gasteiger charge is 2.14. The maximum atomic E-state index is 12.1. The van der Waals surface area contributed by atoms with Gasteiger partial charge in [-0.05, 0) is 49.9 Å². The number of unbranched alkanes of at least 4 members (excludes halogenated alkanes) is 3. The molecule has 0 atom stereocenters. The van der Waals surface area contributed by atoms with E-state index in [0.717, 1.165) is 30.4 Å². The third-order valence-electron chi connectivity index (χ3n) is 3.78. The second-order valence-electron chi connectivity index (χ2n) is 5.46. The van der Waals surface area contributed by atoms with Crippen LogP contribution in [-0.2, 0) is 6.42 Å². The van der Waals surface area contributed by atoms with E-state index in [1.54, 1.807) is 12.1 Å². The smallest absolute Gasteiger partial charge is 0.339 e. The largest absolute Gasteiger partial charge is 0.507 e. The lowest BCUT2D eigenvalue weighted by Crippen LogP contribution is -2.10. The van der Waals surface area contributed by atoms with Gasteiger partial charge in [0.25, 0.3) is 0 Å². The number of phenolic OH excluding ortho intramolecular Hbond substituents is 1. The minimum atomic E-state index is -0.267. The molecule has 3 heteroatoms. The van der Waals surface area contributed by atoms with Crippen molar-refractivity contribution in [2.45, 2.75) is 52.9 Å². The topological polar surface area (TPSA) is 50.4 Å². The summed E-state index contributed by atoms with van der Waals surface area (Å²) < 4.78 is 5.38. The van der Waals surface area contributed by atoms with Crippen LogP contribution < -0.4 is 5.63 Å². The Morgan fingerprint density at radius 3 is 2.60 bits per heavy atom. The van der Waals surface area contributed by atoms with Crippen LogP contribution in [0.3, 0.4) is 0 Å². The molecule has 0 bridgehead atoms. The first-order chi connectivity index (χ1) is 9.54. The Kier molecular flexibility index (Phi) is 4.48. The highest BCUT2D eigenvalue weighted by molar-refractivity contribution is 5.87. The van der Waals surface area contributed by atoms with Gasteiger partial charge in [-0.25, -0.2) is 4.79 Å². The third kappa shape index (κ3) is 2.87. The van der Waals surface area contributed by atoms with E-state index in [1.165, 1.54) is 12.8 Å². The van der Waals surface area contributed by atoms with Gasteiger partial charge in [0.15, 0.2) is 0 Å². The lowest BCUT2D eigenvalue weighted by molar-refractivity contribution is 0.477. The SMILES string of the molecule is CCCCCCc1c(C)c2c(O)cc(C)cc2oc1=O. The molecular weight excluding hydrogens is 252 g/mol. The van der Waals surface area contributed by atoms with Gasteiger partial charge in [0.2, 0.25) is 0 Å². The molecule has 0 spiro atoms. The predicted octanol–water partition coefficient (Wildman–Crippen LogP) is 4.24. The van der Waals surface area contributed by atoms with E-state index in [0.29, 0.717) is 16.5 Å². The van der Waals surface area contributed by atoms with E-state index in [4.69, 9.17) is 4.42 Å². The van der Waals surface area contributed by atoms with Crippen molar-refractivity contribution in [3.63, 3.8) is 0 Å². The van der Waals surface area contributed by atoms with E-state index in [-0.39, 0.29) is 11.4 Å². The summed E-state index contributed by atoms with van der Waals surface area (Å²) in [6, 6.07) is 3.50. The summed E-state index contributed by atoms with van der Waals surface area (Å²) in [6.07, 6.45) is 5.18. The molecule has 2 aromatic rings. The Labute approximate surface area is 119 Å². The standard InChI is InChI=1S/C17H22O3/c1-4-5-6-7-8-13-12(3)16-14(18)9-11(2)10-15(16)20-17(13)19/h9-10,18H,4-8H2,1-3H3. The number of aromatic hydroxyl groups is 1. The highest BCUT2D eigenvalue weighted by atomic mass is 16.4. The van der Waals surface area contributed by atoms with Gasteiger partial charge in [-0.3, -0.25) is 0 Å². The molecular formula is C17H22O3. The number of phenols is 1. The lowest BCUT2D eigenvalue weighted by atomic mass is 9.99. The van der Waals surface area contributed by atoms with Crippen molar-refractivity contribution in [1.29, 1.82) is 0 Å². The summed E-state index contributed by atoms with van der Waals surface area (Å²) in [4.78, 5) is 12.1. The lowest BCUT2D eigenvalue weighted by Gasteiger charge is -2.09. The van der Waals surface area contributed by atoms with Crippen LogP contribution in [0, 0.1) is 13.8 Å². The van der Waals surface area contributed by atoms with Crippen molar-refractivity contribution in [1.82, 2.24) is 0 Å². The van der Waals surface area contributed by atoms with Gasteiger partial charge < -0.3 is 9.52 Å². The molecule has 108 valence electrons. The minimum absolute atomic E-state index is 0.191. The molecule has 0 aliphatic rings. The Bertz CT molecular complexity index is 668. The first-order valence-electron chi connectivity index (χ1n) is 7.30. The third-order valence-corrected chi connectivity index (χ3v) is 3.78. The molecule has 1 aromatic heterocycles. The maximum Gasteiger partial charge on any atom is 0.339 e. The zero-order valence-corrected chi connectivity index (χ0v) is 12.5. The van der Waals surface area contributed by atoms with E-state index in [9.17, 15) is 9.90 Å². The molecule has 2 rings (SSSR count). The van der Waals surface area contributed by atoms with Gasteiger partial charge in [-0.2, -0.15) is 0 Å². The summed E-state index contributed by atoms with van der Waals surface area (Å²) in [7, 11) is 0. The Balaban J connectivity index is 2.43. The van der Waals surface area contributed by atoms with Crippen molar-refractivity contribution >= 4 is 11.0 Å². The first kappa shape index (κ1) is 14.6. The van der Waals surface area contributed by atoms with Gasteiger partial charge in [-0.1, -0.05) is 26.2 Å². The number of hydrogen-bond donors (Lipinski definition) is 1. The van der Waals surface area contributed by atoms with Crippen molar-refractivity contribution < 1.29 is 9.52 Å². The number of rotatable bonds is 5. The summed E-state index contributed by atoms with van der Waals surface area (Å²) in [5.41, 5.74) is 2.64. The predicted molar refractivity (Wildman–Crippen MR) is 81.5 cm³/mol. The first-order valence-corrected chi connectivity index (χ1v) is 7.30. The Morgan fingerprint density at radius 1 is 1.15 bits per heavy atom. The fourth-order valence-electron chi connectivity index (χ4n) is 2.68. The maximum absolute atomic E-state index is 12.1. The summed E-state index contributed by atoms with van der Waals surface area (Å²) in [5.74, 6) is 0.191. The van der Waals surface area contributed by atoms with Crippen LogP contribution in [0.25, 0.3) is 11.0 Å². The van der Waals surface area contributed by atoms with Gasteiger partial charge in [0.05, 0.1) is 5.39 Å². The molecule has 0 saturated carbocycles. The zero-order valence-electron chi connectivity index (χ0n) is 12.5. The van der Waals surface area contributed by atoms with Crippen molar-refractivity contribution in [2.24, 2.45) is 0 Å². The van der Waals surface area contributed by atoms with Crippen molar-refractivity contribution in [3.8, 4) is 5.75 Å². The molecule has 1 N–H and O–H groups in total. The molecule has 20 heavy (non-hydrogen) atoms. The van der Waals surface area contributed by atoms with Gasteiger partial charge in [0, 0.05) is 5.56 Å². The van der Waals surface area contributed by atoms with Gasteiger partial charge >= 0.3 is 5.63 Å². The summed E-state index contributed by atoms with van der Waals surface area (Å²) in [6.45, 7) is 5.92. The summed E-state index contributed by atoms with van der Waals surface area (Å²) in [5, 5.41) is 10.8. The van der Waals surface area contributed by atoms with E-state index in [2.05, 4.69) is 6.92 Å². The fourth-order valence-corrected chi connectivity index (χ4v) is 2.68. The zero-order chi connectivity index (χ0) is 14.7. The average molecular weight is 274 g/mol. The number of hydrogen-bond acceptors (Lipinski definition) is 3. The van der Waals surface area contributed by atoms with Crippen LogP contribution in [0.15, 0.2) is 21.3 Å². The average Bonchev–Trinajstić information content (AvgIpc) is 2.36. The molecule has 0 aliphatic heterocycles. The number of fused-ring (bicyclic) bond motifs is 1. The van der Waals surface area contributed by atoms with Gasteiger partial charge in [0.1, 0.15) is 11.3 Å². The summed E-state index contributed by atoms with van der Waals surface area (Å²) >= 11 is 0. The molecule has 3 nitrogen and oxygen atoms in total. The minimum Gasteiger partial charge on any atom is -0.507 e. The fraction of sp³-hybridized carbons (Fsp3) is 0.471. The van der Waals surface area contributed by atoms with Crippen LogP contribution in [0.2, 0.25) is 0 Å². The van der Waals surface area contributed by atoms with E-state index >= 15 is 0 Å². The second kappa shape index (κ2) is 6.12. The van der Waals surface area contributed by atoms with Crippen molar-refractivity contribution in [3.05, 3.63) is 39.2 Å². The van der Waals surface area contributed by atoms with Gasteiger partial charge in [-0.15, -0.1) is 0 Å². The van der Waals surface area contributed by atoms with Crippen LogP contribution in [0.5, 0.6) is 5.75 Å². The van der Waals surface area contributed by atoms with Crippen LogP contribution in [-0.4, -0.2) is 5.11 Å². The van der Waals surface area contributed by atoms with E-state index in [1.807, 2.05) is 13.8 Å². The highest BCUT2D eigenvalue weighted by Crippen LogP contribution is 2.30. The second-order valence-corrected chi connectivity index (χ2v) is 5.46. The van der Waals surface area contributed by atoms with E-state index < -0.39 is 0 Å². The van der Waals surface area contributed by atoms with Crippen molar-refractivity contribution in [2.75, 3.05) is 0 Å². The molecule has 0 amide bonds. The Hall–Kier alpha value is -1.77. The molecule has 0 saturated heterocycles. The molecule has 0 fully saturated rings. The normalized spacial score (nSPS) is 11.2. The Morgan fingerprint density at radius 2 is 1.90 bits per heavy atom. The van der Waals surface area contributed by atoms with Crippen LogP contribution in [0.1, 0.15) is 49.3 Å². The molecule has 1 heterocycles. The quantitative estimate of drug-likeness (QED) is 0.655.